The summed E-state index contributed by atoms with van der Waals surface area (Å²) in [4.78, 5) is 4.09. The van der Waals surface area contributed by atoms with Crippen LogP contribution in [0.2, 0.25) is 0 Å². The molecule has 0 saturated heterocycles. The highest BCUT2D eigenvalue weighted by molar-refractivity contribution is 5.79. The van der Waals surface area contributed by atoms with Gasteiger partial charge in [0.25, 0.3) is 0 Å². The molecule has 0 amide bonds. The molecule has 2 aromatic carbocycles. The van der Waals surface area contributed by atoms with Gasteiger partial charge in [0.2, 0.25) is 0 Å². The highest BCUT2D eigenvalue weighted by atomic mass is 19.1. The van der Waals surface area contributed by atoms with Crippen LogP contribution in [0.5, 0.6) is 5.75 Å². The van der Waals surface area contributed by atoms with Gasteiger partial charge in [-0.25, -0.2) is 8.78 Å². The lowest BCUT2D eigenvalue weighted by molar-refractivity contribution is 0.338. The highest BCUT2D eigenvalue weighted by Gasteiger charge is 2.06. The molecule has 4 nitrogen and oxygen atoms in total. The summed E-state index contributed by atoms with van der Waals surface area (Å²) in [6.45, 7) is 5.27. The molecule has 0 bridgehead atoms. The van der Waals surface area contributed by atoms with Gasteiger partial charge in [0, 0.05) is 25.7 Å². The molecule has 0 atom stereocenters. The number of nitrogens with zero attached hydrogens (tertiary/aromatic N) is 1. The van der Waals surface area contributed by atoms with Crippen LogP contribution in [0.4, 0.5) is 8.78 Å². The maximum Gasteiger partial charge on any atom is 0.191 e. The van der Waals surface area contributed by atoms with E-state index in [1.165, 1.54) is 6.07 Å². The average molecular weight is 347 g/mol. The van der Waals surface area contributed by atoms with E-state index in [9.17, 15) is 8.78 Å². The summed E-state index contributed by atoms with van der Waals surface area (Å²) in [7, 11) is 1.63. The Balaban J connectivity index is 1.92. The molecule has 6 heteroatoms. The van der Waals surface area contributed by atoms with E-state index >= 15 is 0 Å². The number of hydrogen-bond donors (Lipinski definition) is 2. The Labute approximate surface area is 146 Å². The van der Waals surface area contributed by atoms with Crippen molar-refractivity contribution in [1.82, 2.24) is 10.6 Å². The minimum absolute atomic E-state index is 0.144. The Morgan fingerprint density at radius 3 is 2.52 bits per heavy atom. The van der Waals surface area contributed by atoms with E-state index in [1.54, 1.807) is 7.05 Å². The largest absolute Gasteiger partial charge is 0.494 e. The Kier molecular flexibility index (Phi) is 6.74. The lowest BCUT2D eigenvalue weighted by Crippen LogP contribution is -2.36. The number of rotatable bonds is 6. The van der Waals surface area contributed by atoms with Gasteiger partial charge in [-0.3, -0.25) is 4.99 Å². The minimum Gasteiger partial charge on any atom is -0.494 e. The van der Waals surface area contributed by atoms with Gasteiger partial charge in [-0.15, -0.1) is 0 Å². The fraction of sp³-hybridized carbons (Fsp3) is 0.316. The molecule has 0 unspecified atom stereocenters. The zero-order valence-electron chi connectivity index (χ0n) is 14.7. The lowest BCUT2D eigenvalue weighted by Gasteiger charge is -2.14. The first-order chi connectivity index (χ1) is 12.0. The van der Waals surface area contributed by atoms with Crippen LogP contribution in [-0.4, -0.2) is 19.6 Å². The quantitative estimate of drug-likeness (QED) is 0.621. The number of aryl methyl sites for hydroxylation is 1. The third kappa shape index (κ3) is 5.45. The fourth-order valence-corrected chi connectivity index (χ4v) is 2.40. The number of aliphatic imine (C=N–C) groups is 1. The number of benzene rings is 2. The fourth-order valence-electron chi connectivity index (χ4n) is 2.40. The topological polar surface area (TPSA) is 45.6 Å². The zero-order valence-corrected chi connectivity index (χ0v) is 14.7. The molecular weight excluding hydrogens is 324 g/mol. The van der Waals surface area contributed by atoms with Crippen molar-refractivity contribution in [1.29, 1.82) is 0 Å². The third-order valence-electron chi connectivity index (χ3n) is 3.68. The van der Waals surface area contributed by atoms with Gasteiger partial charge < -0.3 is 15.4 Å². The number of halogens is 2. The van der Waals surface area contributed by atoms with Crippen LogP contribution in [0, 0.1) is 18.6 Å². The molecule has 2 aromatic rings. The van der Waals surface area contributed by atoms with Gasteiger partial charge in [0.1, 0.15) is 17.4 Å². The van der Waals surface area contributed by atoms with E-state index in [1.807, 2.05) is 32.0 Å². The van der Waals surface area contributed by atoms with Crippen molar-refractivity contribution in [2.24, 2.45) is 4.99 Å². The maximum atomic E-state index is 13.6. The lowest BCUT2D eigenvalue weighted by atomic mass is 10.1. The zero-order chi connectivity index (χ0) is 18.2. The molecule has 0 aromatic heterocycles. The number of hydrogen-bond acceptors (Lipinski definition) is 2. The second-order valence-electron chi connectivity index (χ2n) is 5.55. The highest BCUT2D eigenvalue weighted by Crippen LogP contribution is 2.19. The molecule has 0 aliphatic rings. The SMILES string of the molecule is CCOc1ccc(CNC(=NC)NCc2cc(F)ccc2F)cc1C. The van der Waals surface area contributed by atoms with Crippen LogP contribution in [0.1, 0.15) is 23.6 Å². The van der Waals surface area contributed by atoms with Gasteiger partial charge in [-0.05, 0) is 49.2 Å². The van der Waals surface area contributed by atoms with Crippen molar-refractivity contribution in [2.45, 2.75) is 26.9 Å². The van der Waals surface area contributed by atoms with Crippen molar-refractivity contribution in [3.8, 4) is 5.75 Å². The van der Waals surface area contributed by atoms with Crippen LogP contribution in [0.3, 0.4) is 0 Å². The van der Waals surface area contributed by atoms with Crippen LogP contribution in [0.25, 0.3) is 0 Å². The predicted octanol–water partition coefficient (Wildman–Crippen LogP) is 3.54. The van der Waals surface area contributed by atoms with Crippen LogP contribution < -0.4 is 15.4 Å². The summed E-state index contributed by atoms with van der Waals surface area (Å²) in [5.74, 6) is 0.461. The standard InChI is InChI=1S/C19H23F2N3O/c1-4-25-18-8-5-14(9-13(18)2)11-23-19(22-3)24-12-15-10-16(20)6-7-17(15)21/h5-10H,4,11-12H2,1-3H3,(H2,22,23,24). The minimum atomic E-state index is -0.467. The van der Waals surface area contributed by atoms with E-state index < -0.39 is 11.6 Å². The van der Waals surface area contributed by atoms with E-state index in [2.05, 4.69) is 15.6 Å². The van der Waals surface area contributed by atoms with E-state index in [0.29, 0.717) is 19.1 Å². The molecule has 25 heavy (non-hydrogen) atoms. The maximum absolute atomic E-state index is 13.6. The van der Waals surface area contributed by atoms with E-state index in [-0.39, 0.29) is 12.1 Å². The van der Waals surface area contributed by atoms with Crippen LogP contribution >= 0.6 is 0 Å². The molecule has 0 aliphatic heterocycles. The van der Waals surface area contributed by atoms with Gasteiger partial charge >= 0.3 is 0 Å². The van der Waals surface area contributed by atoms with E-state index in [0.717, 1.165) is 29.0 Å². The first kappa shape index (κ1) is 18.7. The second kappa shape index (κ2) is 9.01. The smallest absolute Gasteiger partial charge is 0.191 e. The summed E-state index contributed by atoms with van der Waals surface area (Å²) in [5.41, 5.74) is 2.38. The van der Waals surface area contributed by atoms with Gasteiger partial charge in [0.15, 0.2) is 5.96 Å². The predicted molar refractivity (Wildman–Crippen MR) is 95.7 cm³/mol. The first-order valence-electron chi connectivity index (χ1n) is 8.14. The Morgan fingerprint density at radius 1 is 1.08 bits per heavy atom. The summed E-state index contributed by atoms with van der Waals surface area (Å²) in [6, 6.07) is 9.34. The molecule has 134 valence electrons. The Morgan fingerprint density at radius 2 is 1.84 bits per heavy atom. The number of ether oxygens (including phenoxy) is 1. The van der Waals surface area contributed by atoms with Crippen molar-refractivity contribution < 1.29 is 13.5 Å². The molecule has 2 N–H and O–H groups in total. The van der Waals surface area contributed by atoms with Crippen molar-refractivity contribution in [3.63, 3.8) is 0 Å². The van der Waals surface area contributed by atoms with Gasteiger partial charge in [-0.1, -0.05) is 12.1 Å². The Hall–Kier alpha value is -2.63. The second-order valence-corrected chi connectivity index (χ2v) is 5.55. The summed E-state index contributed by atoms with van der Waals surface area (Å²) >= 11 is 0. The number of guanidine groups is 1. The first-order valence-corrected chi connectivity index (χ1v) is 8.14. The molecule has 0 radical (unpaired) electrons. The molecule has 0 fully saturated rings. The monoisotopic (exact) mass is 347 g/mol. The van der Waals surface area contributed by atoms with Crippen molar-refractivity contribution in [2.75, 3.05) is 13.7 Å². The van der Waals surface area contributed by atoms with Crippen molar-refractivity contribution >= 4 is 5.96 Å². The van der Waals surface area contributed by atoms with Crippen molar-refractivity contribution in [3.05, 3.63) is 64.7 Å². The van der Waals surface area contributed by atoms with Crippen LogP contribution in [0.15, 0.2) is 41.4 Å². The molecule has 0 saturated carbocycles. The molecular formula is C19H23F2N3O. The normalized spacial score (nSPS) is 11.3. The summed E-state index contributed by atoms with van der Waals surface area (Å²) in [5, 5.41) is 6.13. The Bertz CT molecular complexity index is 747. The van der Waals surface area contributed by atoms with Gasteiger partial charge in [-0.2, -0.15) is 0 Å². The van der Waals surface area contributed by atoms with Gasteiger partial charge in [0.05, 0.1) is 6.61 Å². The van der Waals surface area contributed by atoms with E-state index in [4.69, 9.17) is 4.74 Å². The third-order valence-corrected chi connectivity index (χ3v) is 3.68. The molecule has 0 heterocycles. The molecule has 0 aliphatic carbocycles. The molecule has 2 rings (SSSR count). The summed E-state index contributed by atoms with van der Waals surface area (Å²) in [6.07, 6.45) is 0. The number of nitrogens with one attached hydrogen (secondary N) is 2. The summed E-state index contributed by atoms with van der Waals surface area (Å²) < 4.78 is 32.4. The molecule has 0 spiro atoms. The van der Waals surface area contributed by atoms with Crippen LogP contribution in [-0.2, 0) is 13.1 Å². The average Bonchev–Trinajstić information content (AvgIpc) is 2.60.